The van der Waals surface area contributed by atoms with Crippen LogP contribution in [0.3, 0.4) is 0 Å². The largest absolute Gasteiger partial charge is 0.355 e. The molecule has 0 saturated heterocycles. The number of hydrogen-bond acceptors (Lipinski definition) is 7. The molecule has 9 nitrogen and oxygen atoms in total. The highest BCUT2D eigenvalue weighted by Gasteiger charge is 2.26. The summed E-state index contributed by atoms with van der Waals surface area (Å²) in [6.45, 7) is 3.87. The average Bonchev–Trinajstić information content (AvgIpc) is 2.91. The minimum absolute atomic E-state index is 0.00517. The number of hydrogen-bond donors (Lipinski definition) is 1. The van der Waals surface area contributed by atoms with Crippen molar-refractivity contribution in [1.29, 1.82) is 0 Å². The van der Waals surface area contributed by atoms with E-state index >= 15 is 0 Å². The Labute approximate surface area is 115 Å². The number of aryl methyl sites for hydroxylation is 3. The Balaban J connectivity index is 2.23. The smallest absolute Gasteiger partial charge is 0.334 e. The van der Waals surface area contributed by atoms with Crippen LogP contribution >= 0.6 is 0 Å². The van der Waals surface area contributed by atoms with E-state index in [1.807, 2.05) is 6.92 Å². The van der Waals surface area contributed by atoms with Crippen LogP contribution in [0.1, 0.15) is 30.8 Å². The van der Waals surface area contributed by atoms with Crippen LogP contribution in [0.15, 0.2) is 4.52 Å². The molecule has 0 bridgehead atoms. The lowest BCUT2D eigenvalue weighted by Gasteiger charge is -2.02. The van der Waals surface area contributed by atoms with Crippen LogP contribution in [0, 0.1) is 17.0 Å². The topological polar surface area (TPSA) is 112 Å². The maximum Gasteiger partial charge on any atom is 0.334 e. The molecule has 0 unspecified atom stereocenters. The van der Waals surface area contributed by atoms with Gasteiger partial charge in [-0.2, -0.15) is 10.1 Å². The second-order valence-electron chi connectivity index (χ2n) is 4.36. The van der Waals surface area contributed by atoms with Crippen molar-refractivity contribution in [3.05, 3.63) is 27.5 Å². The van der Waals surface area contributed by atoms with E-state index in [0.29, 0.717) is 29.6 Å². The Morgan fingerprint density at radius 3 is 2.80 bits per heavy atom. The fraction of sp³-hybridized carbons (Fsp3) is 0.545. The van der Waals surface area contributed by atoms with Gasteiger partial charge in [0.25, 0.3) is 0 Å². The first-order valence-corrected chi connectivity index (χ1v) is 6.26. The van der Waals surface area contributed by atoms with Gasteiger partial charge in [0, 0.05) is 7.05 Å². The summed E-state index contributed by atoms with van der Waals surface area (Å²) in [5, 5.41) is 22.0. The summed E-state index contributed by atoms with van der Waals surface area (Å²) < 4.78 is 6.42. The highest BCUT2D eigenvalue weighted by Crippen LogP contribution is 2.29. The van der Waals surface area contributed by atoms with Crippen LogP contribution in [0.4, 0.5) is 11.5 Å². The van der Waals surface area contributed by atoms with Gasteiger partial charge in [-0.25, -0.2) is 4.68 Å². The van der Waals surface area contributed by atoms with Crippen molar-refractivity contribution in [2.45, 2.75) is 33.2 Å². The van der Waals surface area contributed by atoms with Gasteiger partial charge in [0.1, 0.15) is 5.69 Å². The fourth-order valence-electron chi connectivity index (χ4n) is 1.93. The second kappa shape index (κ2) is 5.68. The lowest BCUT2D eigenvalue weighted by molar-refractivity contribution is -0.384. The van der Waals surface area contributed by atoms with Crippen LogP contribution in [-0.4, -0.2) is 24.8 Å². The van der Waals surface area contributed by atoms with E-state index in [2.05, 4.69) is 20.6 Å². The summed E-state index contributed by atoms with van der Waals surface area (Å²) in [7, 11) is 1.66. The van der Waals surface area contributed by atoms with E-state index in [1.54, 1.807) is 14.0 Å². The number of nitrogens with one attached hydrogen (secondary N) is 1. The van der Waals surface area contributed by atoms with Crippen molar-refractivity contribution >= 4 is 11.5 Å². The lowest BCUT2D eigenvalue weighted by Crippen LogP contribution is -2.06. The van der Waals surface area contributed by atoms with Crippen LogP contribution in [-0.2, 0) is 20.0 Å². The van der Waals surface area contributed by atoms with Gasteiger partial charge in [-0.1, -0.05) is 18.5 Å². The molecule has 9 heteroatoms. The zero-order valence-electron chi connectivity index (χ0n) is 11.6. The monoisotopic (exact) mass is 280 g/mol. The van der Waals surface area contributed by atoms with Crippen LogP contribution < -0.4 is 5.32 Å². The molecule has 2 aromatic heterocycles. The van der Waals surface area contributed by atoms with Gasteiger partial charge in [-0.3, -0.25) is 10.1 Å². The summed E-state index contributed by atoms with van der Waals surface area (Å²) >= 11 is 0. The number of anilines is 1. The first-order valence-electron chi connectivity index (χ1n) is 6.26. The Morgan fingerprint density at radius 1 is 1.50 bits per heavy atom. The molecule has 0 aliphatic carbocycles. The number of aromatic nitrogens is 4. The van der Waals surface area contributed by atoms with E-state index in [1.165, 1.54) is 4.68 Å². The summed E-state index contributed by atoms with van der Waals surface area (Å²) in [5.41, 5.74) is 0.481. The number of nitrogens with zero attached hydrogens (tertiary/aromatic N) is 5. The van der Waals surface area contributed by atoms with E-state index in [0.717, 1.165) is 6.42 Å². The molecular formula is C11H16N6O3. The van der Waals surface area contributed by atoms with Crippen molar-refractivity contribution < 1.29 is 9.45 Å². The molecular weight excluding hydrogens is 264 g/mol. The Morgan fingerprint density at radius 2 is 2.25 bits per heavy atom. The molecule has 0 aliphatic heterocycles. The molecule has 20 heavy (non-hydrogen) atoms. The normalized spacial score (nSPS) is 10.8. The van der Waals surface area contributed by atoms with Crippen molar-refractivity contribution in [2.75, 3.05) is 5.32 Å². The predicted molar refractivity (Wildman–Crippen MR) is 70.2 cm³/mol. The van der Waals surface area contributed by atoms with E-state index < -0.39 is 4.92 Å². The molecule has 0 fully saturated rings. The van der Waals surface area contributed by atoms with Crippen molar-refractivity contribution in [1.82, 2.24) is 19.9 Å². The molecule has 0 amide bonds. The average molecular weight is 280 g/mol. The summed E-state index contributed by atoms with van der Waals surface area (Å²) in [6.07, 6.45) is 1.35. The first kappa shape index (κ1) is 14.0. The second-order valence-corrected chi connectivity index (χ2v) is 4.36. The zero-order chi connectivity index (χ0) is 14.7. The van der Waals surface area contributed by atoms with Gasteiger partial charge in [0.05, 0.1) is 11.5 Å². The number of nitro groups is 1. The molecule has 0 aliphatic rings. The van der Waals surface area contributed by atoms with Gasteiger partial charge in [0.2, 0.25) is 11.7 Å². The Kier molecular flexibility index (Phi) is 3.97. The quantitative estimate of drug-likeness (QED) is 0.631. The first-order chi connectivity index (χ1) is 9.52. The molecule has 0 aromatic carbocycles. The molecule has 1 N–H and O–H groups in total. The molecule has 2 heterocycles. The lowest BCUT2D eigenvalue weighted by atomic mass is 10.2. The minimum Gasteiger partial charge on any atom is -0.355 e. The minimum atomic E-state index is -0.417. The molecule has 0 radical (unpaired) electrons. The van der Waals surface area contributed by atoms with Crippen LogP contribution in [0.25, 0.3) is 0 Å². The summed E-state index contributed by atoms with van der Waals surface area (Å²) in [4.78, 5) is 14.8. The predicted octanol–water partition coefficient (Wildman–Crippen LogP) is 1.58. The molecule has 2 aromatic rings. The third-order valence-electron chi connectivity index (χ3n) is 2.74. The van der Waals surface area contributed by atoms with E-state index in [4.69, 9.17) is 4.52 Å². The number of rotatable bonds is 6. The van der Waals surface area contributed by atoms with Crippen LogP contribution in [0.2, 0.25) is 0 Å². The Bertz CT molecular complexity index is 618. The highest BCUT2D eigenvalue weighted by atomic mass is 16.6. The maximum atomic E-state index is 11.2. The summed E-state index contributed by atoms with van der Waals surface area (Å²) in [5.74, 6) is 1.23. The van der Waals surface area contributed by atoms with E-state index in [-0.39, 0.29) is 12.2 Å². The van der Waals surface area contributed by atoms with Gasteiger partial charge < -0.3 is 9.84 Å². The zero-order valence-corrected chi connectivity index (χ0v) is 11.6. The van der Waals surface area contributed by atoms with Gasteiger partial charge >= 0.3 is 5.69 Å². The molecule has 0 saturated carbocycles. The van der Waals surface area contributed by atoms with Gasteiger partial charge in [-0.15, -0.1) is 0 Å². The SMILES string of the molecule is CCCc1nn(C)c(NCc2nc(C)no2)c1[N+](=O)[O-]. The third kappa shape index (κ3) is 2.76. The highest BCUT2D eigenvalue weighted by molar-refractivity contribution is 5.59. The Hall–Kier alpha value is -2.45. The van der Waals surface area contributed by atoms with Crippen molar-refractivity contribution in [3.8, 4) is 0 Å². The fourth-order valence-corrected chi connectivity index (χ4v) is 1.93. The molecule has 0 spiro atoms. The molecule has 108 valence electrons. The maximum absolute atomic E-state index is 11.2. The van der Waals surface area contributed by atoms with Crippen LogP contribution in [0.5, 0.6) is 0 Å². The van der Waals surface area contributed by atoms with Crippen molar-refractivity contribution in [3.63, 3.8) is 0 Å². The molecule has 2 rings (SSSR count). The third-order valence-corrected chi connectivity index (χ3v) is 2.74. The standard InChI is InChI=1S/C11H16N6O3/c1-4-5-8-10(17(18)19)11(16(3)14-8)12-6-9-13-7(2)15-20-9/h12H,4-6H2,1-3H3. The molecule has 0 atom stereocenters. The van der Waals surface area contributed by atoms with Gasteiger partial charge in [0.15, 0.2) is 5.82 Å². The van der Waals surface area contributed by atoms with Crippen molar-refractivity contribution in [2.24, 2.45) is 7.05 Å². The summed E-state index contributed by atoms with van der Waals surface area (Å²) in [6, 6.07) is 0. The van der Waals surface area contributed by atoms with E-state index in [9.17, 15) is 10.1 Å². The van der Waals surface area contributed by atoms with Gasteiger partial charge in [-0.05, 0) is 13.3 Å².